The van der Waals surface area contributed by atoms with Gasteiger partial charge >= 0.3 is 0 Å². The number of furan rings is 1. The lowest BCUT2D eigenvalue weighted by atomic mass is 9.94. The number of amidine groups is 1. The topological polar surface area (TPSA) is 92.0 Å². The van der Waals surface area contributed by atoms with E-state index in [4.69, 9.17) is 4.42 Å². The zero-order chi connectivity index (χ0) is 23.6. The monoisotopic (exact) mass is 469 g/mol. The summed E-state index contributed by atoms with van der Waals surface area (Å²) in [5.41, 5.74) is 2.51. The highest BCUT2D eigenvalue weighted by molar-refractivity contribution is 8.00. The van der Waals surface area contributed by atoms with E-state index in [1.807, 2.05) is 62.1 Å². The summed E-state index contributed by atoms with van der Waals surface area (Å²) >= 11 is 0. The van der Waals surface area contributed by atoms with Gasteiger partial charge in [0.1, 0.15) is 16.5 Å². The van der Waals surface area contributed by atoms with E-state index in [9.17, 15) is 13.2 Å². The minimum absolute atomic E-state index is 0.0160. The van der Waals surface area contributed by atoms with Crippen molar-refractivity contribution >= 4 is 26.7 Å². The molecule has 1 saturated heterocycles. The maximum absolute atomic E-state index is 13.0. The molecule has 7 nitrogen and oxygen atoms in total. The smallest absolute Gasteiger partial charge is 0.285 e. The van der Waals surface area contributed by atoms with E-state index in [2.05, 4.69) is 9.71 Å². The minimum atomic E-state index is -3.75. The van der Waals surface area contributed by atoms with Crippen LogP contribution in [-0.4, -0.2) is 44.2 Å². The Kier molecular flexibility index (Phi) is 6.74. The first-order chi connectivity index (χ1) is 15.8. The first kappa shape index (κ1) is 23.3. The quantitative estimate of drug-likeness (QED) is 0.693. The predicted octanol–water partition coefficient (Wildman–Crippen LogP) is 3.91. The van der Waals surface area contributed by atoms with Crippen molar-refractivity contribution in [2.45, 2.75) is 52.5 Å². The van der Waals surface area contributed by atoms with Crippen molar-refractivity contribution in [3.63, 3.8) is 0 Å². The van der Waals surface area contributed by atoms with E-state index < -0.39 is 10.0 Å². The molecule has 2 aliphatic heterocycles. The van der Waals surface area contributed by atoms with Crippen LogP contribution in [0, 0.1) is 12.8 Å². The van der Waals surface area contributed by atoms with Gasteiger partial charge in [-0.2, -0.15) is 8.42 Å². The molecule has 1 amide bonds. The third kappa shape index (κ3) is 5.05. The van der Waals surface area contributed by atoms with Crippen LogP contribution in [0.2, 0.25) is 0 Å². The maximum atomic E-state index is 13.0. The summed E-state index contributed by atoms with van der Waals surface area (Å²) < 4.78 is 35.4. The first-order valence-electron chi connectivity index (χ1n) is 11.5. The van der Waals surface area contributed by atoms with Crippen LogP contribution in [-0.2, 0) is 21.2 Å². The standard InChI is InChI=1S/C25H31N3O4S/c1-4-22-23(19-9-7-17(2)8-10-19)33(30,31)27-24(22)28-13-11-20(12-14-28)25(29)26-18(3)16-21-6-5-15-32-21/h5-10,15,18,20H,4,11-14,16H2,1-3H3,(H,26,29)/t18-/m0/s1. The summed E-state index contributed by atoms with van der Waals surface area (Å²) in [6.45, 7) is 7.11. The molecule has 1 aromatic heterocycles. The van der Waals surface area contributed by atoms with Crippen molar-refractivity contribution in [3.05, 3.63) is 65.1 Å². The summed E-state index contributed by atoms with van der Waals surface area (Å²) in [4.78, 5) is 15.1. The lowest BCUT2D eigenvalue weighted by Gasteiger charge is -2.33. The van der Waals surface area contributed by atoms with Crippen LogP contribution in [0.4, 0.5) is 0 Å². The molecule has 1 aromatic carbocycles. The summed E-state index contributed by atoms with van der Waals surface area (Å²) in [6.07, 6.45) is 4.18. The molecule has 0 radical (unpaired) electrons. The highest BCUT2D eigenvalue weighted by Gasteiger charge is 2.36. The molecule has 3 heterocycles. The Labute approximate surface area is 195 Å². The van der Waals surface area contributed by atoms with Crippen LogP contribution in [0.25, 0.3) is 4.91 Å². The summed E-state index contributed by atoms with van der Waals surface area (Å²) in [5, 5.41) is 3.09. The summed E-state index contributed by atoms with van der Waals surface area (Å²) in [7, 11) is -3.75. The zero-order valence-corrected chi connectivity index (χ0v) is 20.2. The van der Waals surface area contributed by atoms with E-state index in [1.165, 1.54) is 0 Å². The fraction of sp³-hybridized carbons (Fsp3) is 0.440. The molecule has 0 aliphatic carbocycles. The van der Waals surface area contributed by atoms with Gasteiger partial charge in [0.2, 0.25) is 5.91 Å². The molecule has 2 aliphatic rings. The molecular formula is C25H31N3O4S. The van der Waals surface area contributed by atoms with E-state index in [0.29, 0.717) is 55.1 Å². The van der Waals surface area contributed by atoms with Gasteiger partial charge in [-0.3, -0.25) is 4.79 Å². The van der Waals surface area contributed by atoms with E-state index in [-0.39, 0.29) is 17.9 Å². The van der Waals surface area contributed by atoms with Crippen LogP contribution in [0.5, 0.6) is 0 Å². The number of piperidine rings is 1. The Hall–Kier alpha value is -2.87. The Balaban J connectivity index is 1.42. The second-order valence-electron chi connectivity index (χ2n) is 8.87. The highest BCUT2D eigenvalue weighted by Crippen LogP contribution is 2.36. The highest BCUT2D eigenvalue weighted by atomic mass is 32.2. The summed E-state index contributed by atoms with van der Waals surface area (Å²) in [6, 6.07) is 11.3. The average Bonchev–Trinajstić information content (AvgIpc) is 3.39. The number of sulfonamides is 1. The van der Waals surface area contributed by atoms with Gasteiger partial charge in [-0.25, -0.2) is 0 Å². The lowest BCUT2D eigenvalue weighted by Crippen LogP contribution is -2.45. The second-order valence-corrected chi connectivity index (χ2v) is 10.4. The van der Waals surface area contributed by atoms with Crippen LogP contribution in [0.15, 0.2) is 57.0 Å². The molecule has 0 saturated carbocycles. The molecular weight excluding hydrogens is 438 g/mol. The number of likely N-dealkylation sites (tertiary alicyclic amines) is 1. The lowest BCUT2D eigenvalue weighted by molar-refractivity contribution is -0.126. The number of benzene rings is 1. The first-order valence-corrected chi connectivity index (χ1v) is 13.0. The van der Waals surface area contributed by atoms with Gasteiger partial charge in [-0.1, -0.05) is 36.8 Å². The number of nitrogens with one attached hydrogen (secondary N) is 1. The van der Waals surface area contributed by atoms with Crippen molar-refractivity contribution in [1.82, 2.24) is 10.2 Å². The molecule has 33 heavy (non-hydrogen) atoms. The third-order valence-electron chi connectivity index (χ3n) is 6.32. The summed E-state index contributed by atoms with van der Waals surface area (Å²) in [5.74, 6) is 1.34. The van der Waals surface area contributed by atoms with Crippen LogP contribution >= 0.6 is 0 Å². The number of aryl methyl sites for hydroxylation is 1. The fourth-order valence-electron chi connectivity index (χ4n) is 4.56. The number of hydrogen-bond acceptors (Lipinski definition) is 5. The number of carbonyl (C=O) groups is 1. The number of carbonyl (C=O) groups excluding carboxylic acids is 1. The van der Waals surface area contributed by atoms with Crippen LogP contribution < -0.4 is 5.32 Å². The molecule has 0 spiro atoms. The van der Waals surface area contributed by atoms with Crippen LogP contribution in [0.1, 0.15) is 50.0 Å². The van der Waals surface area contributed by atoms with Gasteiger partial charge in [0.15, 0.2) is 0 Å². The SMILES string of the molecule is CCC1=C(c2ccc(C)cc2)S(=O)(=O)N=C1N1CCC(C(=O)N[C@@H](C)Cc2ccco2)CC1. The Morgan fingerprint density at radius 1 is 1.21 bits per heavy atom. The Morgan fingerprint density at radius 3 is 2.52 bits per heavy atom. The van der Waals surface area contributed by atoms with E-state index >= 15 is 0 Å². The van der Waals surface area contributed by atoms with Crippen molar-refractivity contribution in [1.29, 1.82) is 0 Å². The van der Waals surface area contributed by atoms with Crippen molar-refractivity contribution in [2.24, 2.45) is 10.3 Å². The maximum Gasteiger partial charge on any atom is 0.285 e. The molecule has 0 bridgehead atoms. The second kappa shape index (κ2) is 9.55. The molecule has 1 fully saturated rings. The number of amides is 1. The minimum Gasteiger partial charge on any atom is -0.469 e. The Bertz CT molecular complexity index is 1160. The molecule has 2 aromatic rings. The average molecular weight is 470 g/mol. The fourth-order valence-corrected chi connectivity index (χ4v) is 6.09. The molecule has 1 atom stereocenters. The van der Waals surface area contributed by atoms with Crippen LogP contribution in [0.3, 0.4) is 0 Å². The van der Waals surface area contributed by atoms with Gasteiger partial charge in [0.05, 0.1) is 6.26 Å². The number of nitrogens with zero attached hydrogens (tertiary/aromatic N) is 2. The van der Waals surface area contributed by atoms with Crippen molar-refractivity contribution in [2.75, 3.05) is 13.1 Å². The molecule has 0 unspecified atom stereocenters. The van der Waals surface area contributed by atoms with Crippen molar-refractivity contribution < 1.29 is 17.6 Å². The number of hydrogen-bond donors (Lipinski definition) is 1. The van der Waals surface area contributed by atoms with Gasteiger partial charge in [-0.05, 0) is 50.8 Å². The normalized spacial score (nSPS) is 19.5. The van der Waals surface area contributed by atoms with Gasteiger partial charge < -0.3 is 14.6 Å². The molecule has 4 rings (SSSR count). The molecule has 8 heteroatoms. The van der Waals surface area contributed by atoms with Gasteiger partial charge in [0, 0.05) is 37.0 Å². The third-order valence-corrected chi connectivity index (χ3v) is 7.73. The largest absolute Gasteiger partial charge is 0.469 e. The number of rotatable bonds is 6. The zero-order valence-electron chi connectivity index (χ0n) is 19.4. The predicted molar refractivity (Wildman–Crippen MR) is 129 cm³/mol. The van der Waals surface area contributed by atoms with E-state index in [1.54, 1.807) is 6.26 Å². The Morgan fingerprint density at radius 2 is 1.91 bits per heavy atom. The molecule has 176 valence electrons. The van der Waals surface area contributed by atoms with Crippen molar-refractivity contribution in [3.8, 4) is 0 Å². The van der Waals surface area contributed by atoms with E-state index in [0.717, 1.165) is 16.9 Å². The molecule has 1 N–H and O–H groups in total. The van der Waals surface area contributed by atoms with Gasteiger partial charge in [0.25, 0.3) is 10.0 Å². The van der Waals surface area contributed by atoms with Gasteiger partial charge in [-0.15, -0.1) is 4.40 Å².